The molecule has 0 saturated carbocycles. The molecule has 2 rings (SSSR count). The molecule has 0 fully saturated rings. The number of hydrazone groups is 1. The van der Waals surface area contributed by atoms with Crippen LogP contribution in [-0.2, 0) is 0 Å². The van der Waals surface area contributed by atoms with Gasteiger partial charge in [0, 0.05) is 5.69 Å². The molecule has 0 heterocycles. The Morgan fingerprint density at radius 1 is 1.30 bits per heavy atom. The number of hydrogen-bond donors (Lipinski definition) is 2. The molecule has 0 aliphatic rings. The molecule has 0 saturated heterocycles. The number of nitrogens with one attached hydrogen (secondary N) is 2. The van der Waals surface area contributed by atoms with Crippen LogP contribution in [0.4, 0.5) is 10.5 Å². The lowest BCUT2D eigenvalue weighted by Crippen LogP contribution is -2.24. The number of carbonyl (C=O) groups is 1. The first-order valence-electron chi connectivity index (χ1n) is 7.18. The predicted molar refractivity (Wildman–Crippen MR) is 101 cm³/mol. The van der Waals surface area contributed by atoms with Gasteiger partial charge in [0.25, 0.3) is 0 Å². The monoisotopic (exact) mass is 423 g/mol. The van der Waals surface area contributed by atoms with Crippen molar-refractivity contribution in [2.75, 3.05) is 11.9 Å². The van der Waals surface area contributed by atoms with Gasteiger partial charge in [-0.25, -0.2) is 10.2 Å². The van der Waals surface area contributed by atoms with Crippen LogP contribution < -0.4 is 15.5 Å². The Morgan fingerprint density at radius 3 is 2.78 bits per heavy atom. The van der Waals surface area contributed by atoms with Crippen LogP contribution in [0.25, 0.3) is 0 Å². The first-order chi connectivity index (χ1) is 11.1. The number of hydrogen-bond acceptors (Lipinski definition) is 3. The van der Waals surface area contributed by atoms with Crippen LogP contribution in [0.2, 0.25) is 0 Å². The number of rotatable bonds is 5. The third-order valence-corrected chi connectivity index (χ3v) is 3.87. The molecule has 0 spiro atoms. The molecule has 5 nitrogen and oxygen atoms in total. The fourth-order valence-corrected chi connectivity index (χ4v) is 2.59. The van der Waals surface area contributed by atoms with Crippen LogP contribution in [0.5, 0.6) is 5.75 Å². The van der Waals surface area contributed by atoms with Crippen molar-refractivity contribution in [3.8, 4) is 5.75 Å². The summed E-state index contributed by atoms with van der Waals surface area (Å²) < 4.78 is 6.48. The predicted octanol–water partition coefficient (Wildman–Crippen LogP) is 4.15. The van der Waals surface area contributed by atoms with Gasteiger partial charge in [0.1, 0.15) is 5.75 Å². The van der Waals surface area contributed by atoms with E-state index in [9.17, 15) is 4.79 Å². The van der Waals surface area contributed by atoms with Gasteiger partial charge in [0.2, 0.25) is 0 Å². The van der Waals surface area contributed by atoms with Crippen molar-refractivity contribution in [3.63, 3.8) is 0 Å². The van der Waals surface area contributed by atoms with E-state index < -0.39 is 0 Å². The molecule has 2 aromatic carbocycles. The summed E-state index contributed by atoms with van der Waals surface area (Å²) in [6.07, 6.45) is 1.59. The standard InChI is InChI=1S/C17H18IN3O2/c1-3-23-16-9-8-13(10-14(16)18)11-19-21-17(22)20-15-7-5-4-6-12(15)2/h4-11H,3H2,1-2H3,(H2,20,21,22)/b19-11+. The summed E-state index contributed by atoms with van der Waals surface area (Å²) in [5.74, 6) is 0.843. The van der Waals surface area contributed by atoms with Crippen molar-refractivity contribution < 1.29 is 9.53 Å². The highest BCUT2D eigenvalue weighted by atomic mass is 127. The van der Waals surface area contributed by atoms with Crippen LogP contribution in [0, 0.1) is 10.5 Å². The highest BCUT2D eigenvalue weighted by molar-refractivity contribution is 14.1. The molecule has 0 bridgehead atoms. The summed E-state index contributed by atoms with van der Waals surface area (Å²) in [6.45, 7) is 4.51. The van der Waals surface area contributed by atoms with E-state index in [-0.39, 0.29) is 6.03 Å². The minimum absolute atomic E-state index is 0.379. The van der Waals surface area contributed by atoms with Crippen molar-refractivity contribution in [2.45, 2.75) is 13.8 Å². The summed E-state index contributed by atoms with van der Waals surface area (Å²) in [4.78, 5) is 11.8. The van der Waals surface area contributed by atoms with E-state index in [1.54, 1.807) is 6.21 Å². The summed E-state index contributed by atoms with van der Waals surface area (Å²) in [6, 6.07) is 12.9. The smallest absolute Gasteiger partial charge is 0.339 e. The van der Waals surface area contributed by atoms with Crippen LogP contribution in [0.3, 0.4) is 0 Å². The maximum atomic E-state index is 11.8. The molecule has 120 valence electrons. The van der Waals surface area contributed by atoms with Gasteiger partial charge in [0.05, 0.1) is 16.4 Å². The van der Waals surface area contributed by atoms with Gasteiger partial charge in [-0.1, -0.05) is 18.2 Å². The molecule has 23 heavy (non-hydrogen) atoms. The number of amides is 2. The molecule has 0 aromatic heterocycles. The molecule has 0 unspecified atom stereocenters. The molecular weight excluding hydrogens is 405 g/mol. The fraction of sp³-hybridized carbons (Fsp3) is 0.176. The van der Waals surface area contributed by atoms with Crippen LogP contribution in [0.15, 0.2) is 47.6 Å². The second-order valence-electron chi connectivity index (χ2n) is 4.76. The van der Waals surface area contributed by atoms with E-state index in [4.69, 9.17) is 4.74 Å². The molecule has 2 aromatic rings. The summed E-state index contributed by atoms with van der Waals surface area (Å²) >= 11 is 2.21. The number of anilines is 1. The molecule has 0 aliphatic carbocycles. The third kappa shape index (κ3) is 5.24. The normalized spacial score (nSPS) is 10.6. The second kappa shape index (κ2) is 8.52. The molecular formula is C17H18IN3O2. The average Bonchev–Trinajstić information content (AvgIpc) is 2.52. The maximum Gasteiger partial charge on any atom is 0.339 e. The van der Waals surface area contributed by atoms with Gasteiger partial charge in [-0.3, -0.25) is 0 Å². The Labute approximate surface area is 149 Å². The lowest BCUT2D eigenvalue weighted by Gasteiger charge is -2.07. The van der Waals surface area contributed by atoms with E-state index in [1.807, 2.05) is 56.3 Å². The van der Waals surface area contributed by atoms with Crippen molar-refractivity contribution in [3.05, 3.63) is 57.2 Å². The van der Waals surface area contributed by atoms with Crippen LogP contribution >= 0.6 is 22.6 Å². The molecule has 2 amide bonds. The second-order valence-corrected chi connectivity index (χ2v) is 5.92. The fourth-order valence-electron chi connectivity index (χ4n) is 1.90. The van der Waals surface area contributed by atoms with E-state index in [2.05, 4.69) is 38.4 Å². The first kappa shape index (κ1) is 17.3. The average molecular weight is 423 g/mol. The van der Waals surface area contributed by atoms with Crippen LogP contribution in [0.1, 0.15) is 18.1 Å². The molecule has 2 N–H and O–H groups in total. The minimum atomic E-state index is -0.379. The number of urea groups is 1. The molecule has 0 aliphatic heterocycles. The summed E-state index contributed by atoms with van der Waals surface area (Å²) in [5.41, 5.74) is 5.09. The van der Waals surface area contributed by atoms with E-state index >= 15 is 0 Å². The lowest BCUT2D eigenvalue weighted by atomic mass is 10.2. The lowest BCUT2D eigenvalue weighted by molar-refractivity contribution is 0.252. The zero-order valence-corrected chi connectivity index (χ0v) is 15.1. The van der Waals surface area contributed by atoms with Gasteiger partial charge in [-0.05, 0) is 71.8 Å². The molecule has 6 heteroatoms. The third-order valence-electron chi connectivity index (χ3n) is 3.03. The van der Waals surface area contributed by atoms with Gasteiger partial charge in [-0.15, -0.1) is 0 Å². The number of benzene rings is 2. The minimum Gasteiger partial charge on any atom is -0.493 e. The number of aryl methyl sites for hydroxylation is 1. The largest absolute Gasteiger partial charge is 0.493 e. The number of carbonyl (C=O) groups excluding carboxylic acids is 1. The van der Waals surface area contributed by atoms with E-state index in [0.717, 1.165) is 26.1 Å². The van der Waals surface area contributed by atoms with Gasteiger partial charge in [0.15, 0.2) is 0 Å². The van der Waals surface area contributed by atoms with Crippen molar-refractivity contribution in [2.24, 2.45) is 5.10 Å². The van der Waals surface area contributed by atoms with E-state index in [0.29, 0.717) is 6.61 Å². The summed E-state index contributed by atoms with van der Waals surface area (Å²) in [5, 5.41) is 6.70. The first-order valence-corrected chi connectivity index (χ1v) is 8.26. The van der Waals surface area contributed by atoms with E-state index in [1.165, 1.54) is 0 Å². The van der Waals surface area contributed by atoms with Gasteiger partial charge < -0.3 is 10.1 Å². The van der Waals surface area contributed by atoms with Crippen LogP contribution in [-0.4, -0.2) is 18.9 Å². The number of nitrogens with zero attached hydrogens (tertiary/aromatic N) is 1. The zero-order chi connectivity index (χ0) is 16.7. The Balaban J connectivity index is 1.92. The zero-order valence-electron chi connectivity index (χ0n) is 13.0. The van der Waals surface area contributed by atoms with Crippen molar-refractivity contribution in [1.29, 1.82) is 0 Å². The Hall–Kier alpha value is -2.09. The Morgan fingerprint density at radius 2 is 2.09 bits per heavy atom. The maximum absolute atomic E-state index is 11.8. The van der Waals surface area contributed by atoms with Crippen molar-refractivity contribution >= 4 is 40.5 Å². The molecule has 0 radical (unpaired) electrons. The quantitative estimate of drug-likeness (QED) is 0.431. The summed E-state index contributed by atoms with van der Waals surface area (Å²) in [7, 11) is 0. The number of ether oxygens (including phenoxy) is 1. The Kier molecular flexibility index (Phi) is 6.40. The number of para-hydroxylation sites is 1. The van der Waals surface area contributed by atoms with Gasteiger partial charge >= 0.3 is 6.03 Å². The topological polar surface area (TPSA) is 62.7 Å². The van der Waals surface area contributed by atoms with Gasteiger partial charge in [-0.2, -0.15) is 5.10 Å². The highest BCUT2D eigenvalue weighted by Crippen LogP contribution is 2.21. The number of halogens is 1. The highest BCUT2D eigenvalue weighted by Gasteiger charge is 2.03. The molecule has 0 atom stereocenters. The SMILES string of the molecule is CCOc1ccc(/C=N/NC(=O)Nc2ccccc2C)cc1I. The Bertz CT molecular complexity index is 717. The van der Waals surface area contributed by atoms with Crippen molar-refractivity contribution in [1.82, 2.24) is 5.43 Å².